The molecule has 3 aromatic rings. The first-order valence-electron chi connectivity index (χ1n) is 9.15. The van der Waals surface area contributed by atoms with E-state index in [1.807, 2.05) is 32.0 Å². The third-order valence-electron chi connectivity index (χ3n) is 5.15. The van der Waals surface area contributed by atoms with E-state index >= 15 is 0 Å². The van der Waals surface area contributed by atoms with Gasteiger partial charge < -0.3 is 10.2 Å². The molecule has 1 N–H and O–H groups in total. The number of nitrogens with one attached hydrogen (secondary N) is 1. The molecule has 0 aliphatic carbocycles. The molecular formula is C21H21N5O2. The molecule has 0 unspecified atom stereocenters. The summed E-state index contributed by atoms with van der Waals surface area (Å²) >= 11 is 0. The highest BCUT2D eigenvalue weighted by molar-refractivity contribution is 6.03. The number of carbonyl (C=O) groups excluding carboxylic acids is 2. The Balaban J connectivity index is 1.44. The van der Waals surface area contributed by atoms with Gasteiger partial charge in [-0.1, -0.05) is 12.1 Å². The monoisotopic (exact) mass is 375 g/mol. The van der Waals surface area contributed by atoms with Gasteiger partial charge in [0.15, 0.2) is 0 Å². The van der Waals surface area contributed by atoms with E-state index in [1.54, 1.807) is 46.5 Å². The second kappa shape index (κ2) is 7.26. The fourth-order valence-corrected chi connectivity index (χ4v) is 3.40. The van der Waals surface area contributed by atoms with Gasteiger partial charge in [0.25, 0.3) is 0 Å². The summed E-state index contributed by atoms with van der Waals surface area (Å²) in [5, 5.41) is 2.87. The number of rotatable bonds is 4. The van der Waals surface area contributed by atoms with Crippen molar-refractivity contribution in [2.45, 2.75) is 20.3 Å². The fourth-order valence-electron chi connectivity index (χ4n) is 3.40. The topological polar surface area (TPSA) is 80.1 Å². The van der Waals surface area contributed by atoms with Crippen LogP contribution in [0.3, 0.4) is 0 Å². The van der Waals surface area contributed by atoms with Crippen molar-refractivity contribution < 1.29 is 9.59 Å². The molecule has 7 heteroatoms. The number of aryl methyl sites for hydroxylation is 1. The molecule has 2 amide bonds. The van der Waals surface area contributed by atoms with Crippen LogP contribution in [0, 0.1) is 19.8 Å². The van der Waals surface area contributed by atoms with E-state index in [1.165, 1.54) is 0 Å². The second-order valence-electron chi connectivity index (χ2n) is 6.99. The van der Waals surface area contributed by atoms with Crippen LogP contribution in [0.4, 0.5) is 11.4 Å². The first kappa shape index (κ1) is 17.9. The molecule has 3 heterocycles. The molecule has 0 bridgehead atoms. The zero-order chi connectivity index (χ0) is 19.7. The minimum atomic E-state index is -0.388. The van der Waals surface area contributed by atoms with Crippen molar-refractivity contribution in [2.24, 2.45) is 5.92 Å². The summed E-state index contributed by atoms with van der Waals surface area (Å²) in [5.41, 5.74) is 3.68. The lowest BCUT2D eigenvalue weighted by molar-refractivity contribution is -0.122. The van der Waals surface area contributed by atoms with Crippen LogP contribution >= 0.6 is 0 Å². The van der Waals surface area contributed by atoms with Gasteiger partial charge in [0, 0.05) is 31.0 Å². The van der Waals surface area contributed by atoms with Crippen molar-refractivity contribution in [1.29, 1.82) is 0 Å². The Kier molecular flexibility index (Phi) is 4.65. The highest BCUT2D eigenvalue weighted by atomic mass is 16.2. The van der Waals surface area contributed by atoms with Gasteiger partial charge in [0.05, 0.1) is 17.8 Å². The van der Waals surface area contributed by atoms with E-state index in [4.69, 9.17) is 0 Å². The summed E-state index contributed by atoms with van der Waals surface area (Å²) in [4.78, 5) is 35.2. The van der Waals surface area contributed by atoms with Crippen molar-refractivity contribution >= 4 is 23.2 Å². The number of imidazole rings is 1. The molecule has 28 heavy (non-hydrogen) atoms. The number of amides is 2. The molecule has 1 atom stereocenters. The van der Waals surface area contributed by atoms with E-state index in [2.05, 4.69) is 15.3 Å². The van der Waals surface area contributed by atoms with Gasteiger partial charge in [-0.2, -0.15) is 0 Å². The summed E-state index contributed by atoms with van der Waals surface area (Å²) in [7, 11) is 0. The first-order valence-corrected chi connectivity index (χ1v) is 9.15. The Morgan fingerprint density at radius 1 is 1.21 bits per heavy atom. The minimum absolute atomic E-state index is 0.0255. The van der Waals surface area contributed by atoms with Crippen LogP contribution in [0.15, 0.2) is 55.2 Å². The van der Waals surface area contributed by atoms with Gasteiger partial charge >= 0.3 is 0 Å². The molecule has 1 aliphatic heterocycles. The predicted molar refractivity (Wildman–Crippen MR) is 106 cm³/mol. The van der Waals surface area contributed by atoms with E-state index in [-0.39, 0.29) is 24.2 Å². The summed E-state index contributed by atoms with van der Waals surface area (Å²) in [6, 6.07) is 9.48. The lowest BCUT2D eigenvalue weighted by atomic mass is 10.1. The Bertz CT molecular complexity index is 1010. The van der Waals surface area contributed by atoms with Crippen LogP contribution in [-0.4, -0.2) is 32.9 Å². The van der Waals surface area contributed by atoms with E-state index in [0.717, 1.165) is 16.8 Å². The summed E-state index contributed by atoms with van der Waals surface area (Å²) < 4.78 is 1.78. The van der Waals surface area contributed by atoms with Crippen LogP contribution < -0.4 is 10.2 Å². The molecule has 1 fully saturated rings. The molecule has 1 aliphatic rings. The third kappa shape index (κ3) is 3.38. The second-order valence-corrected chi connectivity index (χ2v) is 6.99. The van der Waals surface area contributed by atoms with Crippen LogP contribution in [0.2, 0.25) is 0 Å². The molecule has 0 radical (unpaired) electrons. The maximum absolute atomic E-state index is 12.7. The maximum Gasteiger partial charge on any atom is 0.229 e. The van der Waals surface area contributed by atoms with E-state index in [9.17, 15) is 9.59 Å². The van der Waals surface area contributed by atoms with Crippen LogP contribution in [0.5, 0.6) is 0 Å². The molecule has 1 aromatic carbocycles. The van der Waals surface area contributed by atoms with Gasteiger partial charge in [-0.15, -0.1) is 0 Å². The first-order chi connectivity index (χ1) is 13.5. The molecule has 2 aromatic heterocycles. The standard InChI is InChI=1S/C21H21N5O2/c1-14-4-3-5-18(15(14)2)26-12-16(10-20(26)27)21(28)24-17-6-7-19(23-11-17)25-9-8-22-13-25/h3-9,11,13,16H,10,12H2,1-2H3,(H,24,28)/t16-/m1/s1. The van der Waals surface area contributed by atoms with Crippen molar-refractivity contribution in [3.05, 3.63) is 66.4 Å². The summed E-state index contributed by atoms with van der Waals surface area (Å²) in [6.45, 7) is 4.40. The molecule has 0 saturated carbocycles. The van der Waals surface area contributed by atoms with Crippen molar-refractivity contribution in [3.63, 3.8) is 0 Å². The zero-order valence-electron chi connectivity index (χ0n) is 15.8. The number of benzene rings is 1. The van der Waals surface area contributed by atoms with Crippen molar-refractivity contribution in [1.82, 2.24) is 14.5 Å². The molecular weight excluding hydrogens is 354 g/mol. The van der Waals surface area contributed by atoms with Crippen LogP contribution in [0.25, 0.3) is 5.82 Å². The quantitative estimate of drug-likeness (QED) is 0.760. The number of carbonyl (C=O) groups is 2. The summed E-state index contributed by atoms with van der Waals surface area (Å²) in [6.07, 6.45) is 6.95. The Morgan fingerprint density at radius 3 is 2.79 bits per heavy atom. The predicted octanol–water partition coefficient (Wildman–Crippen LogP) is 2.88. The molecule has 4 rings (SSSR count). The molecule has 1 saturated heterocycles. The number of aromatic nitrogens is 3. The highest BCUT2D eigenvalue weighted by Gasteiger charge is 2.35. The van der Waals surface area contributed by atoms with Gasteiger partial charge in [-0.3, -0.25) is 14.2 Å². The molecule has 142 valence electrons. The van der Waals surface area contributed by atoms with Crippen molar-refractivity contribution in [2.75, 3.05) is 16.8 Å². The van der Waals surface area contributed by atoms with Crippen molar-refractivity contribution in [3.8, 4) is 5.82 Å². The lowest BCUT2D eigenvalue weighted by Crippen LogP contribution is -2.28. The normalized spacial score (nSPS) is 16.4. The summed E-state index contributed by atoms with van der Waals surface area (Å²) in [5.74, 6) is 0.133. The van der Waals surface area contributed by atoms with Gasteiger partial charge in [0.2, 0.25) is 11.8 Å². The smallest absolute Gasteiger partial charge is 0.229 e. The Labute approximate surface area is 163 Å². The average Bonchev–Trinajstić information content (AvgIpc) is 3.35. The number of hydrogen-bond donors (Lipinski definition) is 1. The SMILES string of the molecule is Cc1cccc(N2C[C@H](C(=O)Nc3ccc(-n4ccnc4)nc3)CC2=O)c1C. The average molecular weight is 375 g/mol. The number of nitrogens with zero attached hydrogens (tertiary/aromatic N) is 4. The van der Waals surface area contributed by atoms with Gasteiger partial charge in [-0.25, -0.2) is 9.97 Å². The van der Waals surface area contributed by atoms with E-state index in [0.29, 0.717) is 18.1 Å². The lowest BCUT2D eigenvalue weighted by Gasteiger charge is -2.20. The maximum atomic E-state index is 12.7. The highest BCUT2D eigenvalue weighted by Crippen LogP contribution is 2.30. The minimum Gasteiger partial charge on any atom is -0.324 e. The molecule has 0 spiro atoms. The van der Waals surface area contributed by atoms with E-state index < -0.39 is 0 Å². The zero-order valence-corrected chi connectivity index (χ0v) is 15.8. The largest absolute Gasteiger partial charge is 0.324 e. The fraction of sp³-hybridized carbons (Fsp3) is 0.238. The Morgan fingerprint density at radius 2 is 2.07 bits per heavy atom. The van der Waals surface area contributed by atoms with Crippen LogP contribution in [-0.2, 0) is 9.59 Å². The number of anilines is 2. The van der Waals surface area contributed by atoms with Crippen LogP contribution in [0.1, 0.15) is 17.5 Å². The van der Waals surface area contributed by atoms with Gasteiger partial charge in [-0.05, 0) is 43.2 Å². The number of hydrogen-bond acceptors (Lipinski definition) is 4. The third-order valence-corrected chi connectivity index (χ3v) is 5.15. The molecule has 7 nitrogen and oxygen atoms in total. The van der Waals surface area contributed by atoms with Gasteiger partial charge in [0.1, 0.15) is 12.1 Å². The number of pyridine rings is 1. The Hall–Kier alpha value is -3.48.